The number of anilines is 1. The van der Waals surface area contributed by atoms with E-state index in [-0.39, 0.29) is 17.9 Å². The van der Waals surface area contributed by atoms with Crippen molar-refractivity contribution >= 4 is 29.3 Å². The van der Waals surface area contributed by atoms with Gasteiger partial charge in [0.2, 0.25) is 0 Å². The number of carbonyl (C=O) groups is 2. The molecule has 0 spiro atoms. The fourth-order valence-corrected chi connectivity index (χ4v) is 6.88. The van der Waals surface area contributed by atoms with Gasteiger partial charge in [-0.3, -0.25) is 9.59 Å². The molecule has 4 fully saturated rings. The van der Waals surface area contributed by atoms with Crippen molar-refractivity contribution in [3.63, 3.8) is 0 Å². The highest BCUT2D eigenvalue weighted by atomic mass is 35.5. The summed E-state index contributed by atoms with van der Waals surface area (Å²) in [5, 5.41) is 15.4. The minimum atomic E-state index is -0.970. The summed E-state index contributed by atoms with van der Waals surface area (Å²) < 4.78 is 0. The Balaban J connectivity index is 1.33. The van der Waals surface area contributed by atoms with Crippen LogP contribution in [0.2, 0.25) is 5.02 Å². The highest BCUT2D eigenvalue weighted by Crippen LogP contribution is 2.59. The second-order valence-electron chi connectivity index (χ2n) is 9.94. The number of carboxylic acids is 1. The summed E-state index contributed by atoms with van der Waals surface area (Å²) >= 11 is 6.41. The molecule has 0 saturated heterocycles. The van der Waals surface area contributed by atoms with Crippen LogP contribution in [0.1, 0.15) is 48.9 Å². The lowest BCUT2D eigenvalue weighted by atomic mass is 9.49. The van der Waals surface area contributed by atoms with Crippen molar-refractivity contribution in [2.75, 3.05) is 18.4 Å². The predicted molar refractivity (Wildman–Crippen MR) is 124 cm³/mol. The van der Waals surface area contributed by atoms with Gasteiger partial charge in [-0.2, -0.15) is 0 Å². The van der Waals surface area contributed by atoms with Crippen LogP contribution in [0.4, 0.5) is 5.82 Å². The van der Waals surface area contributed by atoms with Gasteiger partial charge in [-0.15, -0.1) is 0 Å². The fraction of sp³-hybridized carbons (Fsp3) is 0.480. The summed E-state index contributed by atoms with van der Waals surface area (Å²) in [5.41, 5.74) is 2.17. The van der Waals surface area contributed by atoms with E-state index in [0.717, 1.165) is 28.9 Å². The quantitative estimate of drug-likeness (QED) is 0.557. The summed E-state index contributed by atoms with van der Waals surface area (Å²) in [7, 11) is 0. The van der Waals surface area contributed by atoms with E-state index in [2.05, 4.69) is 15.6 Å². The maximum absolute atomic E-state index is 13.1. The smallest absolute Gasteiger partial charge is 0.322 e. The molecule has 4 saturated carbocycles. The van der Waals surface area contributed by atoms with Crippen LogP contribution < -0.4 is 10.6 Å². The first-order chi connectivity index (χ1) is 15.4. The fourth-order valence-electron chi connectivity index (χ4n) is 6.67. The minimum absolute atomic E-state index is 0.156. The van der Waals surface area contributed by atoms with E-state index in [0.29, 0.717) is 22.9 Å². The van der Waals surface area contributed by atoms with Gasteiger partial charge in [-0.25, -0.2) is 4.98 Å². The third-order valence-corrected chi connectivity index (χ3v) is 7.86. The van der Waals surface area contributed by atoms with E-state index in [1.54, 1.807) is 24.4 Å². The van der Waals surface area contributed by atoms with Crippen LogP contribution in [0, 0.1) is 23.2 Å². The van der Waals surface area contributed by atoms with Crippen molar-refractivity contribution in [3.8, 4) is 11.1 Å². The third kappa shape index (κ3) is 4.20. The van der Waals surface area contributed by atoms with Gasteiger partial charge < -0.3 is 15.7 Å². The maximum Gasteiger partial charge on any atom is 0.322 e. The number of halogens is 1. The van der Waals surface area contributed by atoms with Crippen molar-refractivity contribution in [2.45, 2.75) is 38.5 Å². The third-order valence-electron chi connectivity index (χ3n) is 7.53. The van der Waals surface area contributed by atoms with Crippen molar-refractivity contribution in [1.82, 2.24) is 10.3 Å². The Hall–Kier alpha value is -2.60. The zero-order valence-corrected chi connectivity index (χ0v) is 18.7. The molecule has 4 bridgehead atoms. The maximum atomic E-state index is 13.1. The first-order valence-corrected chi connectivity index (χ1v) is 11.8. The Labute approximate surface area is 192 Å². The number of pyridine rings is 1. The number of nitrogens with zero attached hydrogens (tertiary/aromatic N) is 1. The molecule has 3 N–H and O–H groups in total. The van der Waals surface area contributed by atoms with Gasteiger partial charge in [0, 0.05) is 18.3 Å². The van der Waals surface area contributed by atoms with Crippen molar-refractivity contribution in [3.05, 3.63) is 47.1 Å². The number of aliphatic carboxylic acids is 1. The van der Waals surface area contributed by atoms with Crippen LogP contribution in [0.25, 0.3) is 11.1 Å². The zero-order valence-electron chi connectivity index (χ0n) is 17.9. The molecule has 4 aliphatic rings. The van der Waals surface area contributed by atoms with Gasteiger partial charge in [0.25, 0.3) is 5.91 Å². The molecular formula is C25H28ClN3O3. The number of benzene rings is 1. The lowest BCUT2D eigenvalue weighted by Gasteiger charge is -2.56. The van der Waals surface area contributed by atoms with Gasteiger partial charge >= 0.3 is 5.97 Å². The molecule has 32 heavy (non-hydrogen) atoms. The normalized spacial score (nSPS) is 27.8. The van der Waals surface area contributed by atoms with Crippen molar-refractivity contribution < 1.29 is 14.7 Å². The van der Waals surface area contributed by atoms with Crippen molar-refractivity contribution in [2.24, 2.45) is 23.2 Å². The number of rotatable bonds is 7. The van der Waals surface area contributed by atoms with E-state index < -0.39 is 5.97 Å². The van der Waals surface area contributed by atoms with Crippen LogP contribution in [0.15, 0.2) is 36.5 Å². The van der Waals surface area contributed by atoms with E-state index in [1.165, 1.54) is 38.5 Å². The average molecular weight is 454 g/mol. The van der Waals surface area contributed by atoms with Gasteiger partial charge in [-0.1, -0.05) is 17.7 Å². The highest BCUT2D eigenvalue weighted by Gasteiger charge is 2.50. The largest absolute Gasteiger partial charge is 0.480 e. The molecule has 4 aliphatic carbocycles. The molecule has 168 valence electrons. The second kappa shape index (κ2) is 8.39. The number of amides is 1. The number of nitrogens with one attached hydrogen (secondary N) is 2. The number of hydrogen-bond acceptors (Lipinski definition) is 4. The first-order valence-electron chi connectivity index (χ1n) is 11.4. The molecule has 6 nitrogen and oxygen atoms in total. The van der Waals surface area contributed by atoms with Gasteiger partial charge in [-0.05, 0) is 91.5 Å². The summed E-state index contributed by atoms with van der Waals surface area (Å²) in [5.74, 6) is 1.85. The molecule has 1 heterocycles. The summed E-state index contributed by atoms with van der Waals surface area (Å²) in [6, 6.07) is 8.92. The average Bonchev–Trinajstić information content (AvgIpc) is 2.76. The Kier molecular flexibility index (Phi) is 5.58. The summed E-state index contributed by atoms with van der Waals surface area (Å²) in [4.78, 5) is 28.3. The molecule has 0 aliphatic heterocycles. The van der Waals surface area contributed by atoms with Crippen LogP contribution in [-0.2, 0) is 4.79 Å². The van der Waals surface area contributed by atoms with E-state index in [4.69, 9.17) is 16.7 Å². The molecule has 0 unspecified atom stereocenters. The van der Waals surface area contributed by atoms with E-state index in [9.17, 15) is 9.59 Å². The van der Waals surface area contributed by atoms with Gasteiger partial charge in [0.05, 0.1) is 10.6 Å². The molecule has 0 radical (unpaired) electrons. The lowest BCUT2D eigenvalue weighted by Crippen LogP contribution is -2.51. The van der Waals surface area contributed by atoms with Crippen LogP contribution >= 0.6 is 11.6 Å². The topological polar surface area (TPSA) is 91.3 Å². The van der Waals surface area contributed by atoms with Crippen LogP contribution in [0.3, 0.4) is 0 Å². The van der Waals surface area contributed by atoms with Gasteiger partial charge in [0.1, 0.15) is 12.4 Å². The van der Waals surface area contributed by atoms with Crippen molar-refractivity contribution in [1.29, 1.82) is 0 Å². The van der Waals surface area contributed by atoms with Crippen LogP contribution in [0.5, 0.6) is 0 Å². The molecule has 1 aromatic heterocycles. The SMILES string of the molecule is O=C(O)CNc1ncccc1-c1ccc(Cl)c(C(=O)NCC23CC4CC(CC(C4)C2)C3)c1. The molecule has 1 amide bonds. The number of aromatic nitrogens is 1. The molecule has 6 rings (SSSR count). The standard InChI is InChI=1S/C25H28ClN3O3/c26-21-4-3-18(19-2-1-5-27-23(19)28-13-22(30)31)9-20(21)24(32)29-14-25-10-15-6-16(11-25)8-17(7-15)12-25/h1-5,9,15-17H,6-8,10-14H2,(H,27,28)(H,29,32)(H,30,31). The van der Waals surface area contributed by atoms with E-state index >= 15 is 0 Å². The van der Waals surface area contributed by atoms with E-state index in [1.807, 2.05) is 12.1 Å². The minimum Gasteiger partial charge on any atom is -0.480 e. The monoisotopic (exact) mass is 453 g/mol. The number of carbonyl (C=O) groups excluding carboxylic acids is 1. The van der Waals surface area contributed by atoms with Gasteiger partial charge in [0.15, 0.2) is 0 Å². The second-order valence-corrected chi connectivity index (χ2v) is 10.3. The predicted octanol–water partition coefficient (Wildman–Crippen LogP) is 4.84. The highest BCUT2D eigenvalue weighted by molar-refractivity contribution is 6.34. The Morgan fingerprint density at radius 1 is 1.09 bits per heavy atom. The first kappa shape index (κ1) is 21.3. The van der Waals surface area contributed by atoms with Crippen LogP contribution in [-0.4, -0.2) is 35.1 Å². The summed E-state index contributed by atoms with van der Waals surface area (Å²) in [6.45, 7) is 0.476. The molecule has 7 heteroatoms. The lowest BCUT2D eigenvalue weighted by molar-refractivity contribution is -0.134. The molecule has 1 aromatic carbocycles. The number of carboxylic acid groups (broad SMARTS) is 1. The molecule has 0 atom stereocenters. The summed E-state index contributed by atoms with van der Waals surface area (Å²) in [6.07, 6.45) is 9.45. The zero-order chi connectivity index (χ0) is 22.3. The molecule has 2 aromatic rings. The number of hydrogen-bond donors (Lipinski definition) is 3. The molecular weight excluding hydrogens is 426 g/mol. The Morgan fingerprint density at radius 2 is 1.78 bits per heavy atom. The Bertz CT molecular complexity index is 1020. The Morgan fingerprint density at radius 3 is 2.44 bits per heavy atom.